The number of H-pyrrole nitrogens is 1. The first kappa shape index (κ1) is 16.3. The van der Waals surface area contributed by atoms with E-state index < -0.39 is 0 Å². The zero-order valence-corrected chi connectivity index (χ0v) is 14.0. The molecule has 24 heavy (non-hydrogen) atoms. The Labute approximate surface area is 141 Å². The summed E-state index contributed by atoms with van der Waals surface area (Å²) in [6.07, 6.45) is 5.35. The molecule has 1 aliphatic heterocycles. The third-order valence-corrected chi connectivity index (χ3v) is 4.47. The van der Waals surface area contributed by atoms with Gasteiger partial charge in [0, 0.05) is 38.6 Å². The summed E-state index contributed by atoms with van der Waals surface area (Å²) in [7, 11) is 1.72. The van der Waals surface area contributed by atoms with Crippen molar-refractivity contribution in [3.63, 3.8) is 0 Å². The highest BCUT2D eigenvalue weighted by Crippen LogP contribution is 2.20. The molecule has 1 fully saturated rings. The van der Waals surface area contributed by atoms with Crippen molar-refractivity contribution in [2.24, 2.45) is 0 Å². The third kappa shape index (κ3) is 3.67. The van der Waals surface area contributed by atoms with E-state index in [9.17, 15) is 9.59 Å². The minimum absolute atomic E-state index is 0.171. The monoisotopic (exact) mass is 325 g/mol. The van der Waals surface area contributed by atoms with Crippen LogP contribution < -0.4 is 10.5 Å². The topological polar surface area (TPSA) is 56.4 Å². The molecule has 0 spiro atoms. The second kappa shape index (κ2) is 7.34. The van der Waals surface area contributed by atoms with Gasteiger partial charge in [-0.3, -0.25) is 9.59 Å². The van der Waals surface area contributed by atoms with Crippen LogP contribution in [0.2, 0.25) is 0 Å². The molecule has 1 N–H and O–H groups in total. The summed E-state index contributed by atoms with van der Waals surface area (Å²) in [6.45, 7) is 2.72. The molecule has 0 unspecified atom stereocenters. The molecule has 1 saturated heterocycles. The predicted octanol–water partition coefficient (Wildman–Crippen LogP) is 2.64. The number of carbonyl (C=O) groups excluding carboxylic acids is 1. The van der Waals surface area contributed by atoms with Crippen molar-refractivity contribution >= 4 is 11.6 Å². The highest BCUT2D eigenvalue weighted by atomic mass is 16.2. The first-order chi connectivity index (χ1) is 11.6. The van der Waals surface area contributed by atoms with Crippen molar-refractivity contribution in [1.82, 2.24) is 9.88 Å². The number of hydrogen-bond acceptors (Lipinski definition) is 3. The summed E-state index contributed by atoms with van der Waals surface area (Å²) in [5.74, 6) is -0.267. The molecule has 0 bridgehead atoms. The summed E-state index contributed by atoms with van der Waals surface area (Å²) >= 11 is 0. The lowest BCUT2D eigenvalue weighted by Gasteiger charge is -2.29. The van der Waals surface area contributed by atoms with Gasteiger partial charge in [-0.25, -0.2) is 0 Å². The molecule has 1 aromatic heterocycles. The Balaban J connectivity index is 1.66. The number of nitrogens with zero attached hydrogens (tertiary/aromatic N) is 2. The van der Waals surface area contributed by atoms with Gasteiger partial charge in [-0.2, -0.15) is 0 Å². The van der Waals surface area contributed by atoms with Crippen molar-refractivity contribution in [2.45, 2.75) is 25.8 Å². The van der Waals surface area contributed by atoms with Crippen LogP contribution in [0.25, 0.3) is 0 Å². The third-order valence-electron chi connectivity index (χ3n) is 4.47. The van der Waals surface area contributed by atoms with Crippen molar-refractivity contribution < 1.29 is 4.79 Å². The van der Waals surface area contributed by atoms with Gasteiger partial charge in [-0.15, -0.1) is 0 Å². The molecule has 1 aliphatic rings. The molecule has 126 valence electrons. The number of piperidine rings is 1. The average molecular weight is 325 g/mol. The Hall–Kier alpha value is -2.56. The van der Waals surface area contributed by atoms with Crippen LogP contribution >= 0.6 is 0 Å². The van der Waals surface area contributed by atoms with Gasteiger partial charge in [0.25, 0.3) is 11.5 Å². The van der Waals surface area contributed by atoms with E-state index in [4.69, 9.17) is 0 Å². The molecule has 0 radical (unpaired) electrons. The van der Waals surface area contributed by atoms with Crippen molar-refractivity contribution in [2.75, 3.05) is 25.0 Å². The van der Waals surface area contributed by atoms with Gasteiger partial charge < -0.3 is 14.8 Å². The number of amides is 1. The Kier molecular flexibility index (Phi) is 4.99. The fourth-order valence-electron chi connectivity index (χ4n) is 3.11. The smallest absolute Gasteiger partial charge is 0.260 e. The van der Waals surface area contributed by atoms with Crippen LogP contribution in [-0.4, -0.2) is 35.9 Å². The molecule has 0 saturated carbocycles. The highest BCUT2D eigenvalue weighted by Gasteiger charge is 2.15. The maximum absolute atomic E-state index is 12.4. The Morgan fingerprint density at radius 1 is 1.12 bits per heavy atom. The summed E-state index contributed by atoms with van der Waals surface area (Å²) in [5, 5.41) is 0. The van der Waals surface area contributed by atoms with E-state index in [0.717, 1.165) is 18.7 Å². The van der Waals surface area contributed by atoms with E-state index >= 15 is 0 Å². The van der Waals surface area contributed by atoms with Crippen molar-refractivity contribution in [3.8, 4) is 0 Å². The maximum Gasteiger partial charge on any atom is 0.260 e. The van der Waals surface area contributed by atoms with Gasteiger partial charge in [0.15, 0.2) is 0 Å². The van der Waals surface area contributed by atoms with Gasteiger partial charge in [0.05, 0.1) is 0 Å². The van der Waals surface area contributed by atoms with Gasteiger partial charge in [-0.05, 0) is 49.1 Å². The number of aromatic amines is 1. The van der Waals surface area contributed by atoms with Crippen LogP contribution in [0.1, 0.15) is 35.2 Å². The minimum atomic E-state index is -0.352. The number of nitrogens with one attached hydrogen (secondary N) is 1. The second-order valence-corrected chi connectivity index (χ2v) is 6.29. The fraction of sp³-hybridized carbons (Fsp3) is 0.368. The Morgan fingerprint density at radius 2 is 1.83 bits per heavy atom. The standard InChI is InChI=1S/C19H23N3O2/c1-21(19(24)17-6-5-11-20-18(17)23)14-15-7-9-16(10-8-15)22-12-3-2-4-13-22/h5-11H,2-4,12-14H2,1H3,(H,20,23). The summed E-state index contributed by atoms with van der Waals surface area (Å²) in [6, 6.07) is 11.6. The second-order valence-electron chi connectivity index (χ2n) is 6.29. The quantitative estimate of drug-likeness (QED) is 0.940. The molecule has 2 heterocycles. The van der Waals surface area contributed by atoms with E-state index in [1.165, 1.54) is 31.1 Å². The largest absolute Gasteiger partial charge is 0.372 e. The molecular formula is C19H23N3O2. The lowest BCUT2D eigenvalue weighted by Crippen LogP contribution is -2.31. The molecule has 3 rings (SSSR count). The lowest BCUT2D eigenvalue weighted by atomic mass is 10.1. The number of pyridine rings is 1. The Bertz CT molecular complexity index is 746. The van der Waals surface area contributed by atoms with Crippen LogP contribution in [0.5, 0.6) is 0 Å². The number of aromatic nitrogens is 1. The average Bonchev–Trinajstić information content (AvgIpc) is 2.63. The number of anilines is 1. The number of carbonyl (C=O) groups is 1. The van der Waals surface area contributed by atoms with E-state index in [1.54, 1.807) is 24.1 Å². The zero-order valence-electron chi connectivity index (χ0n) is 14.0. The van der Waals surface area contributed by atoms with Gasteiger partial charge >= 0.3 is 0 Å². The molecule has 0 aliphatic carbocycles. The molecule has 2 aromatic rings. The van der Waals surface area contributed by atoms with Gasteiger partial charge in [0.1, 0.15) is 5.56 Å². The van der Waals surface area contributed by atoms with Crippen LogP contribution in [-0.2, 0) is 6.54 Å². The predicted molar refractivity (Wildman–Crippen MR) is 95.4 cm³/mol. The first-order valence-electron chi connectivity index (χ1n) is 8.42. The van der Waals surface area contributed by atoms with Gasteiger partial charge in [-0.1, -0.05) is 12.1 Å². The maximum atomic E-state index is 12.4. The van der Waals surface area contributed by atoms with Crippen LogP contribution in [0, 0.1) is 0 Å². The summed E-state index contributed by atoms with van der Waals surface area (Å²) in [4.78, 5) is 30.6. The molecule has 0 atom stereocenters. The van der Waals surface area contributed by atoms with Crippen LogP contribution in [0.3, 0.4) is 0 Å². The Morgan fingerprint density at radius 3 is 2.50 bits per heavy atom. The highest BCUT2D eigenvalue weighted by molar-refractivity contribution is 5.93. The summed E-state index contributed by atoms with van der Waals surface area (Å²) < 4.78 is 0. The number of rotatable bonds is 4. The van der Waals surface area contributed by atoms with E-state index in [0.29, 0.717) is 6.54 Å². The van der Waals surface area contributed by atoms with E-state index in [-0.39, 0.29) is 17.0 Å². The zero-order chi connectivity index (χ0) is 16.9. The van der Waals surface area contributed by atoms with Crippen molar-refractivity contribution in [3.05, 3.63) is 64.1 Å². The number of benzene rings is 1. The summed E-state index contributed by atoms with van der Waals surface area (Å²) in [5.41, 5.74) is 2.12. The molecular weight excluding hydrogens is 302 g/mol. The number of hydrogen-bond donors (Lipinski definition) is 1. The molecule has 5 heteroatoms. The van der Waals surface area contributed by atoms with Crippen LogP contribution in [0.4, 0.5) is 5.69 Å². The first-order valence-corrected chi connectivity index (χ1v) is 8.42. The minimum Gasteiger partial charge on any atom is -0.372 e. The SMILES string of the molecule is CN(Cc1ccc(N2CCCCC2)cc1)C(=O)c1ccc[nH]c1=O. The normalized spacial score (nSPS) is 14.5. The molecule has 1 amide bonds. The molecule has 5 nitrogen and oxygen atoms in total. The fourth-order valence-corrected chi connectivity index (χ4v) is 3.11. The van der Waals surface area contributed by atoms with Gasteiger partial charge in [0.2, 0.25) is 0 Å². The van der Waals surface area contributed by atoms with E-state index in [2.05, 4.69) is 34.1 Å². The van der Waals surface area contributed by atoms with E-state index in [1.807, 2.05) is 0 Å². The van der Waals surface area contributed by atoms with Crippen molar-refractivity contribution in [1.29, 1.82) is 0 Å². The lowest BCUT2D eigenvalue weighted by molar-refractivity contribution is 0.0783. The van der Waals surface area contributed by atoms with Crippen LogP contribution in [0.15, 0.2) is 47.4 Å². The molecule has 1 aromatic carbocycles.